The Hall–Kier alpha value is -1.31. The Morgan fingerprint density at radius 2 is 0.912 bits per heavy atom. The first kappa shape index (κ1) is 30.7. The Kier molecular flexibility index (Phi) is 22.4. The van der Waals surface area contributed by atoms with Crippen molar-refractivity contribution < 1.29 is 4.79 Å². The van der Waals surface area contributed by atoms with Gasteiger partial charge in [0, 0.05) is 19.5 Å². The molecule has 0 N–H and O–H groups in total. The number of unbranched alkanes of at least 4 members (excludes halogenated alkanes) is 15. The number of carbonyl (C=O) groups is 1. The van der Waals surface area contributed by atoms with Crippen LogP contribution in [-0.2, 0) is 4.79 Å². The lowest BCUT2D eigenvalue weighted by Gasteiger charge is -2.14. The van der Waals surface area contributed by atoms with Crippen molar-refractivity contribution in [2.24, 2.45) is 0 Å². The van der Waals surface area contributed by atoms with Crippen molar-refractivity contribution in [3.05, 3.63) is 36.5 Å². The lowest BCUT2D eigenvalue weighted by atomic mass is 10.1. The van der Waals surface area contributed by atoms with E-state index in [-0.39, 0.29) is 0 Å². The van der Waals surface area contributed by atoms with Crippen LogP contribution in [0, 0.1) is 0 Å². The standard InChI is InChI=1S/C32H57NO/c1-2-3-4-5-6-7-8-9-10-11-12-13-14-15-16-17-18-19-20-21-22-23-24-25-26-29-32(34)33-30-27-28-31-33/h9-10,19-20,23-24H,2-8,11-18,21-22,25-31H2,1H3/b10-9-,20-19-,24-23-. The van der Waals surface area contributed by atoms with Crippen LogP contribution in [0.2, 0.25) is 0 Å². The minimum atomic E-state index is 0.361. The average Bonchev–Trinajstić information content (AvgIpc) is 3.39. The molecule has 0 spiro atoms. The highest BCUT2D eigenvalue weighted by Crippen LogP contribution is 2.12. The van der Waals surface area contributed by atoms with E-state index in [1.165, 1.54) is 109 Å². The molecule has 196 valence electrons. The van der Waals surface area contributed by atoms with Gasteiger partial charge in [0.15, 0.2) is 0 Å². The predicted molar refractivity (Wildman–Crippen MR) is 151 cm³/mol. The van der Waals surface area contributed by atoms with Gasteiger partial charge in [-0.15, -0.1) is 0 Å². The van der Waals surface area contributed by atoms with Gasteiger partial charge in [0.1, 0.15) is 0 Å². The highest BCUT2D eigenvalue weighted by atomic mass is 16.2. The molecule has 34 heavy (non-hydrogen) atoms. The molecule has 0 aromatic rings. The first-order valence-corrected chi connectivity index (χ1v) is 15.1. The molecule has 0 aromatic carbocycles. The van der Waals surface area contributed by atoms with Crippen LogP contribution in [0.3, 0.4) is 0 Å². The number of likely N-dealkylation sites (tertiary alicyclic amines) is 1. The number of allylic oxidation sites excluding steroid dienone is 6. The number of rotatable bonds is 23. The Balaban J connectivity index is 1.75. The predicted octanol–water partition coefficient (Wildman–Crippen LogP) is 10.1. The molecule has 0 saturated carbocycles. The highest BCUT2D eigenvalue weighted by molar-refractivity contribution is 5.76. The largest absolute Gasteiger partial charge is 0.343 e. The molecule has 1 amide bonds. The summed E-state index contributed by atoms with van der Waals surface area (Å²) in [5.74, 6) is 0.361. The van der Waals surface area contributed by atoms with Crippen molar-refractivity contribution in [2.45, 2.75) is 148 Å². The maximum atomic E-state index is 12.0. The van der Waals surface area contributed by atoms with Gasteiger partial charge in [0.2, 0.25) is 5.91 Å². The maximum absolute atomic E-state index is 12.0. The van der Waals surface area contributed by atoms with Crippen molar-refractivity contribution in [1.82, 2.24) is 4.90 Å². The zero-order chi connectivity index (χ0) is 24.4. The summed E-state index contributed by atoms with van der Waals surface area (Å²) in [6.45, 7) is 4.25. The van der Waals surface area contributed by atoms with Crippen molar-refractivity contribution in [3.63, 3.8) is 0 Å². The van der Waals surface area contributed by atoms with E-state index in [0.717, 1.165) is 45.2 Å². The summed E-state index contributed by atoms with van der Waals surface area (Å²) in [5.41, 5.74) is 0. The lowest BCUT2D eigenvalue weighted by Crippen LogP contribution is -2.27. The van der Waals surface area contributed by atoms with Gasteiger partial charge >= 0.3 is 0 Å². The fourth-order valence-electron chi connectivity index (χ4n) is 4.67. The smallest absolute Gasteiger partial charge is 0.222 e. The molecular formula is C32H57NO. The molecule has 0 aromatic heterocycles. The minimum absolute atomic E-state index is 0.361. The topological polar surface area (TPSA) is 20.3 Å². The van der Waals surface area contributed by atoms with Crippen LogP contribution in [0.25, 0.3) is 0 Å². The quantitative estimate of drug-likeness (QED) is 0.107. The van der Waals surface area contributed by atoms with Crippen LogP contribution >= 0.6 is 0 Å². The van der Waals surface area contributed by atoms with E-state index in [1.54, 1.807) is 0 Å². The second kappa shape index (κ2) is 24.8. The van der Waals surface area contributed by atoms with Gasteiger partial charge in [0.25, 0.3) is 0 Å². The summed E-state index contributed by atoms with van der Waals surface area (Å²) in [5, 5.41) is 0. The SMILES string of the molecule is CCCCCCCC/C=C\CCCCCCCC/C=C\CC/C=C\CCCC(=O)N1CCCC1. The molecule has 1 heterocycles. The Morgan fingerprint density at radius 3 is 1.38 bits per heavy atom. The zero-order valence-electron chi connectivity index (χ0n) is 22.8. The fraction of sp³-hybridized carbons (Fsp3) is 0.781. The van der Waals surface area contributed by atoms with Crippen LogP contribution in [0.5, 0.6) is 0 Å². The van der Waals surface area contributed by atoms with Gasteiger partial charge in [-0.2, -0.15) is 0 Å². The van der Waals surface area contributed by atoms with E-state index in [4.69, 9.17) is 0 Å². The maximum Gasteiger partial charge on any atom is 0.222 e. The molecule has 1 fully saturated rings. The molecule has 2 nitrogen and oxygen atoms in total. The average molecular weight is 472 g/mol. The number of carbonyl (C=O) groups excluding carboxylic acids is 1. The number of hydrogen-bond acceptors (Lipinski definition) is 1. The third-order valence-corrected chi connectivity index (χ3v) is 6.94. The van der Waals surface area contributed by atoms with Crippen molar-refractivity contribution in [3.8, 4) is 0 Å². The van der Waals surface area contributed by atoms with E-state index in [1.807, 2.05) is 4.90 Å². The molecule has 1 saturated heterocycles. The van der Waals surface area contributed by atoms with Crippen molar-refractivity contribution >= 4 is 5.91 Å². The molecule has 0 aliphatic carbocycles. The molecule has 0 unspecified atom stereocenters. The monoisotopic (exact) mass is 471 g/mol. The van der Waals surface area contributed by atoms with Crippen LogP contribution in [0.15, 0.2) is 36.5 Å². The molecule has 1 aliphatic heterocycles. The van der Waals surface area contributed by atoms with E-state index in [9.17, 15) is 4.79 Å². The first-order chi connectivity index (χ1) is 16.8. The molecule has 1 aliphatic rings. The van der Waals surface area contributed by atoms with Gasteiger partial charge in [-0.25, -0.2) is 0 Å². The molecule has 2 heteroatoms. The van der Waals surface area contributed by atoms with Crippen LogP contribution < -0.4 is 0 Å². The second-order valence-corrected chi connectivity index (χ2v) is 10.2. The summed E-state index contributed by atoms with van der Waals surface area (Å²) in [6.07, 6.45) is 42.1. The number of nitrogens with zero attached hydrogens (tertiary/aromatic N) is 1. The highest BCUT2D eigenvalue weighted by Gasteiger charge is 2.16. The summed E-state index contributed by atoms with van der Waals surface area (Å²) in [7, 11) is 0. The van der Waals surface area contributed by atoms with Crippen LogP contribution in [0.1, 0.15) is 148 Å². The van der Waals surface area contributed by atoms with Gasteiger partial charge < -0.3 is 4.90 Å². The van der Waals surface area contributed by atoms with Gasteiger partial charge in [-0.05, 0) is 77.0 Å². The Bertz CT molecular complexity index is 527. The summed E-state index contributed by atoms with van der Waals surface area (Å²) in [4.78, 5) is 14.0. The minimum Gasteiger partial charge on any atom is -0.343 e. The summed E-state index contributed by atoms with van der Waals surface area (Å²) < 4.78 is 0. The van der Waals surface area contributed by atoms with E-state index in [2.05, 4.69) is 43.4 Å². The molecular weight excluding hydrogens is 414 g/mol. The Labute approximate surface area is 213 Å². The zero-order valence-corrected chi connectivity index (χ0v) is 22.8. The second-order valence-electron chi connectivity index (χ2n) is 10.2. The van der Waals surface area contributed by atoms with E-state index < -0.39 is 0 Å². The molecule has 0 bridgehead atoms. The lowest BCUT2D eigenvalue weighted by molar-refractivity contribution is -0.130. The van der Waals surface area contributed by atoms with Crippen molar-refractivity contribution in [2.75, 3.05) is 13.1 Å². The van der Waals surface area contributed by atoms with Gasteiger partial charge in [-0.3, -0.25) is 4.79 Å². The third kappa shape index (κ3) is 20.1. The van der Waals surface area contributed by atoms with E-state index >= 15 is 0 Å². The normalized spacial score (nSPS) is 14.4. The van der Waals surface area contributed by atoms with Crippen molar-refractivity contribution in [1.29, 1.82) is 0 Å². The first-order valence-electron chi connectivity index (χ1n) is 15.1. The fourth-order valence-corrected chi connectivity index (χ4v) is 4.67. The van der Waals surface area contributed by atoms with Gasteiger partial charge in [0.05, 0.1) is 0 Å². The number of hydrogen-bond donors (Lipinski definition) is 0. The number of amides is 1. The van der Waals surface area contributed by atoms with Crippen LogP contribution in [-0.4, -0.2) is 23.9 Å². The third-order valence-electron chi connectivity index (χ3n) is 6.94. The molecule has 0 radical (unpaired) electrons. The van der Waals surface area contributed by atoms with Crippen LogP contribution in [0.4, 0.5) is 0 Å². The van der Waals surface area contributed by atoms with E-state index in [0.29, 0.717) is 5.91 Å². The Morgan fingerprint density at radius 1 is 0.529 bits per heavy atom. The molecule has 0 atom stereocenters. The summed E-state index contributed by atoms with van der Waals surface area (Å²) in [6, 6.07) is 0. The summed E-state index contributed by atoms with van der Waals surface area (Å²) >= 11 is 0. The van der Waals surface area contributed by atoms with Gasteiger partial charge in [-0.1, -0.05) is 101 Å². The molecule has 1 rings (SSSR count).